The number of carbonyl (C=O) groups is 1. The van der Waals surface area contributed by atoms with Crippen LogP contribution in [0.4, 0.5) is 8.78 Å². The Hall–Kier alpha value is -2.24. The maximum atomic E-state index is 13.4. The highest BCUT2D eigenvalue weighted by molar-refractivity contribution is 5.90. The number of aryl methyl sites for hydroxylation is 2. The van der Waals surface area contributed by atoms with Crippen LogP contribution < -0.4 is 0 Å². The molecule has 4 nitrogen and oxygen atoms in total. The lowest BCUT2D eigenvalue weighted by molar-refractivity contribution is 0.0514. The van der Waals surface area contributed by atoms with Gasteiger partial charge in [-0.3, -0.25) is 0 Å². The summed E-state index contributed by atoms with van der Waals surface area (Å²) in [6, 6.07) is 5.39. The standard InChI is InChI=1S/C15H16F2N2O2/c1-4-21-15(20)11-8-18-19(13(11)14(16)17)12-6-5-9(2)7-10(12)3/h5-8,14H,4H2,1-3H3. The van der Waals surface area contributed by atoms with E-state index in [1.807, 2.05) is 26.0 Å². The zero-order chi connectivity index (χ0) is 15.6. The number of ether oxygens (including phenoxy) is 1. The minimum absolute atomic E-state index is 0.121. The maximum absolute atomic E-state index is 13.4. The average molecular weight is 294 g/mol. The first-order valence-electron chi connectivity index (χ1n) is 6.56. The summed E-state index contributed by atoms with van der Waals surface area (Å²) in [5.74, 6) is -0.788. The van der Waals surface area contributed by atoms with Crippen molar-refractivity contribution in [1.82, 2.24) is 9.78 Å². The molecule has 2 rings (SSSR count). The van der Waals surface area contributed by atoms with Crippen molar-refractivity contribution in [1.29, 1.82) is 0 Å². The highest BCUT2D eigenvalue weighted by atomic mass is 19.3. The van der Waals surface area contributed by atoms with Gasteiger partial charge in [-0.15, -0.1) is 0 Å². The van der Waals surface area contributed by atoms with Gasteiger partial charge in [0.2, 0.25) is 0 Å². The highest BCUT2D eigenvalue weighted by Crippen LogP contribution is 2.27. The molecule has 0 aliphatic heterocycles. The Morgan fingerprint density at radius 2 is 2.10 bits per heavy atom. The average Bonchev–Trinajstić information content (AvgIpc) is 2.83. The van der Waals surface area contributed by atoms with E-state index < -0.39 is 18.1 Å². The van der Waals surface area contributed by atoms with E-state index in [2.05, 4.69) is 5.10 Å². The Labute approximate surface area is 121 Å². The lowest BCUT2D eigenvalue weighted by atomic mass is 10.1. The van der Waals surface area contributed by atoms with Gasteiger partial charge in [0.05, 0.1) is 18.5 Å². The molecule has 0 radical (unpaired) electrons. The van der Waals surface area contributed by atoms with Gasteiger partial charge in [-0.1, -0.05) is 17.7 Å². The minimum Gasteiger partial charge on any atom is -0.462 e. The zero-order valence-electron chi connectivity index (χ0n) is 12.1. The highest BCUT2D eigenvalue weighted by Gasteiger charge is 2.26. The number of rotatable bonds is 4. The molecule has 0 aliphatic carbocycles. The number of carbonyl (C=O) groups excluding carboxylic acids is 1. The van der Waals surface area contributed by atoms with Gasteiger partial charge in [0, 0.05) is 0 Å². The van der Waals surface area contributed by atoms with Crippen LogP contribution in [0.3, 0.4) is 0 Å². The van der Waals surface area contributed by atoms with Gasteiger partial charge < -0.3 is 4.74 Å². The maximum Gasteiger partial charge on any atom is 0.341 e. The van der Waals surface area contributed by atoms with Crippen LogP contribution >= 0.6 is 0 Å². The Kier molecular flexibility index (Phi) is 4.35. The van der Waals surface area contributed by atoms with E-state index in [4.69, 9.17) is 4.74 Å². The van der Waals surface area contributed by atoms with Gasteiger partial charge in [0.1, 0.15) is 11.3 Å². The van der Waals surface area contributed by atoms with Crippen LogP contribution in [0.25, 0.3) is 5.69 Å². The number of nitrogens with zero attached hydrogens (tertiary/aromatic N) is 2. The fourth-order valence-electron chi connectivity index (χ4n) is 2.17. The quantitative estimate of drug-likeness (QED) is 0.809. The van der Waals surface area contributed by atoms with E-state index in [0.717, 1.165) is 22.0 Å². The van der Waals surface area contributed by atoms with Gasteiger partial charge in [-0.25, -0.2) is 18.3 Å². The molecule has 1 heterocycles. The van der Waals surface area contributed by atoms with Gasteiger partial charge in [-0.2, -0.15) is 5.10 Å². The molecular formula is C15H16F2N2O2. The van der Waals surface area contributed by atoms with Crippen LogP contribution in [0.1, 0.15) is 40.5 Å². The fourth-order valence-corrected chi connectivity index (χ4v) is 2.17. The van der Waals surface area contributed by atoms with Crippen molar-refractivity contribution in [2.45, 2.75) is 27.2 Å². The number of benzene rings is 1. The summed E-state index contributed by atoms with van der Waals surface area (Å²) in [6.07, 6.45) is -1.70. The Morgan fingerprint density at radius 3 is 2.67 bits per heavy atom. The van der Waals surface area contributed by atoms with Crippen LogP contribution in [0, 0.1) is 13.8 Å². The van der Waals surface area contributed by atoms with Crippen molar-refractivity contribution in [2.75, 3.05) is 6.61 Å². The second kappa shape index (κ2) is 6.03. The van der Waals surface area contributed by atoms with Crippen LogP contribution in [0.2, 0.25) is 0 Å². The predicted octanol–water partition coefficient (Wildman–Crippen LogP) is 3.60. The fraction of sp³-hybridized carbons (Fsp3) is 0.333. The molecule has 0 atom stereocenters. The SMILES string of the molecule is CCOC(=O)c1cnn(-c2ccc(C)cc2C)c1C(F)F. The zero-order valence-corrected chi connectivity index (χ0v) is 12.1. The number of alkyl halides is 2. The third kappa shape index (κ3) is 2.94. The number of esters is 1. The third-order valence-corrected chi connectivity index (χ3v) is 3.09. The summed E-state index contributed by atoms with van der Waals surface area (Å²) < 4.78 is 32.6. The molecule has 0 aliphatic rings. The Morgan fingerprint density at radius 1 is 1.38 bits per heavy atom. The molecule has 21 heavy (non-hydrogen) atoms. The monoisotopic (exact) mass is 294 g/mol. The predicted molar refractivity (Wildman–Crippen MR) is 74.0 cm³/mol. The van der Waals surface area contributed by atoms with Crippen LogP contribution in [-0.4, -0.2) is 22.4 Å². The molecule has 0 unspecified atom stereocenters. The largest absolute Gasteiger partial charge is 0.462 e. The Balaban J connectivity index is 2.57. The van der Waals surface area contributed by atoms with Crippen molar-refractivity contribution in [3.63, 3.8) is 0 Å². The van der Waals surface area contributed by atoms with E-state index in [1.54, 1.807) is 13.0 Å². The van der Waals surface area contributed by atoms with E-state index in [0.29, 0.717) is 5.69 Å². The van der Waals surface area contributed by atoms with Crippen molar-refractivity contribution >= 4 is 5.97 Å². The molecule has 0 saturated heterocycles. The van der Waals surface area contributed by atoms with Crippen LogP contribution in [0.5, 0.6) is 0 Å². The van der Waals surface area contributed by atoms with Gasteiger partial charge in [0.25, 0.3) is 6.43 Å². The van der Waals surface area contributed by atoms with Crippen molar-refractivity contribution in [3.05, 3.63) is 46.8 Å². The number of halogens is 2. The Bertz CT molecular complexity index is 666. The second-order valence-corrected chi connectivity index (χ2v) is 4.67. The summed E-state index contributed by atoms with van der Waals surface area (Å²) in [4.78, 5) is 11.7. The molecular weight excluding hydrogens is 278 g/mol. The smallest absolute Gasteiger partial charge is 0.341 e. The molecule has 0 fully saturated rings. The van der Waals surface area contributed by atoms with Gasteiger partial charge in [0.15, 0.2) is 0 Å². The van der Waals surface area contributed by atoms with Crippen molar-refractivity contribution in [2.24, 2.45) is 0 Å². The first-order valence-corrected chi connectivity index (χ1v) is 6.56. The van der Waals surface area contributed by atoms with Crippen LogP contribution in [-0.2, 0) is 4.74 Å². The normalized spacial score (nSPS) is 11.0. The van der Waals surface area contributed by atoms with Crippen LogP contribution in [0.15, 0.2) is 24.4 Å². The molecule has 0 N–H and O–H groups in total. The molecule has 0 spiro atoms. The molecule has 112 valence electrons. The summed E-state index contributed by atoms with van der Waals surface area (Å²) >= 11 is 0. The molecule has 2 aromatic rings. The third-order valence-electron chi connectivity index (χ3n) is 3.09. The molecule has 1 aromatic heterocycles. The first kappa shape index (κ1) is 15.2. The first-order chi connectivity index (χ1) is 9.95. The molecule has 6 heteroatoms. The summed E-state index contributed by atoms with van der Waals surface area (Å²) in [6.45, 7) is 5.46. The number of hydrogen-bond acceptors (Lipinski definition) is 3. The van der Waals surface area contributed by atoms with Crippen molar-refractivity contribution in [3.8, 4) is 5.69 Å². The molecule has 0 saturated carbocycles. The number of hydrogen-bond donors (Lipinski definition) is 0. The topological polar surface area (TPSA) is 44.1 Å². The van der Waals surface area contributed by atoms with Gasteiger partial charge >= 0.3 is 5.97 Å². The summed E-state index contributed by atoms with van der Waals surface area (Å²) in [5, 5.41) is 3.94. The second-order valence-electron chi connectivity index (χ2n) is 4.67. The van der Waals surface area contributed by atoms with E-state index in [-0.39, 0.29) is 12.2 Å². The number of aromatic nitrogens is 2. The molecule has 0 bridgehead atoms. The molecule has 1 aromatic carbocycles. The van der Waals surface area contributed by atoms with E-state index in [9.17, 15) is 13.6 Å². The lowest BCUT2D eigenvalue weighted by Crippen LogP contribution is -2.10. The summed E-state index contributed by atoms with van der Waals surface area (Å²) in [7, 11) is 0. The summed E-state index contributed by atoms with van der Waals surface area (Å²) in [5.41, 5.74) is 1.70. The molecule has 0 amide bonds. The lowest BCUT2D eigenvalue weighted by Gasteiger charge is -2.11. The minimum atomic E-state index is -2.83. The van der Waals surface area contributed by atoms with Crippen molar-refractivity contribution < 1.29 is 18.3 Å². The van der Waals surface area contributed by atoms with E-state index >= 15 is 0 Å². The van der Waals surface area contributed by atoms with Gasteiger partial charge in [-0.05, 0) is 32.4 Å². The van der Waals surface area contributed by atoms with E-state index in [1.165, 1.54) is 0 Å².